The molecule has 0 heterocycles. The topological polar surface area (TPSA) is 114 Å². The Morgan fingerprint density at radius 3 is 2.41 bits per heavy atom. The van der Waals surface area contributed by atoms with E-state index in [0.29, 0.717) is 22.6 Å². The summed E-state index contributed by atoms with van der Waals surface area (Å²) >= 11 is 0. The molecule has 2 rings (SSSR count). The first-order valence-corrected chi connectivity index (χ1v) is 9.34. The van der Waals surface area contributed by atoms with Gasteiger partial charge in [-0.05, 0) is 60.4 Å². The van der Waals surface area contributed by atoms with Crippen LogP contribution >= 0.6 is 0 Å². The molecule has 1 atom stereocenters. The van der Waals surface area contributed by atoms with E-state index in [0.717, 1.165) is 5.56 Å². The molecule has 0 aromatic heterocycles. The van der Waals surface area contributed by atoms with E-state index in [4.69, 9.17) is 20.5 Å². The lowest BCUT2D eigenvalue weighted by Crippen LogP contribution is -2.24. The first kappa shape index (κ1) is 21.8. The van der Waals surface area contributed by atoms with E-state index in [2.05, 4.69) is 11.4 Å². The number of esters is 1. The number of nitrogens with two attached hydrogens (primary N) is 1. The minimum atomic E-state index is -0.745. The van der Waals surface area contributed by atoms with E-state index >= 15 is 0 Å². The Morgan fingerprint density at radius 1 is 1.17 bits per heavy atom. The number of primary amides is 1. The number of rotatable bonds is 9. The fraction of sp³-hybridized carbons (Fsp3) is 0.318. The quantitative estimate of drug-likeness (QED) is 0.630. The first-order chi connectivity index (χ1) is 13.8. The van der Waals surface area contributed by atoms with E-state index in [1.54, 1.807) is 43.3 Å². The van der Waals surface area contributed by atoms with Gasteiger partial charge >= 0.3 is 5.97 Å². The molecule has 0 saturated heterocycles. The van der Waals surface area contributed by atoms with Crippen molar-refractivity contribution < 1.29 is 19.1 Å². The van der Waals surface area contributed by atoms with Gasteiger partial charge in [-0.15, -0.1) is 0 Å². The third-order valence-electron chi connectivity index (χ3n) is 4.21. The average molecular weight is 395 g/mol. The number of nitriles is 1. The Balaban J connectivity index is 2.38. The Morgan fingerprint density at radius 2 is 1.86 bits per heavy atom. The molecule has 0 bridgehead atoms. The van der Waals surface area contributed by atoms with Crippen LogP contribution in [0.3, 0.4) is 0 Å². The van der Waals surface area contributed by atoms with Crippen LogP contribution in [-0.4, -0.2) is 25.1 Å². The number of carbonyl (C=O) groups excluding carboxylic acids is 2. The van der Waals surface area contributed by atoms with Crippen LogP contribution in [0.25, 0.3) is 0 Å². The molecule has 29 heavy (non-hydrogen) atoms. The SMILES string of the molecule is CCOC(=O)C(Nc1ccc(C#N)cc1)c1ccc(OCC(N)=O)c(C(C)C)c1. The molecule has 152 valence electrons. The summed E-state index contributed by atoms with van der Waals surface area (Å²) in [6.07, 6.45) is 0. The van der Waals surface area contributed by atoms with Crippen molar-refractivity contribution in [1.82, 2.24) is 0 Å². The Bertz CT molecular complexity index is 901. The third kappa shape index (κ3) is 5.98. The number of anilines is 1. The van der Waals surface area contributed by atoms with Crippen LogP contribution in [0.4, 0.5) is 5.69 Å². The monoisotopic (exact) mass is 395 g/mol. The summed E-state index contributed by atoms with van der Waals surface area (Å²) in [7, 11) is 0. The van der Waals surface area contributed by atoms with E-state index in [9.17, 15) is 9.59 Å². The minimum Gasteiger partial charge on any atom is -0.483 e. The molecule has 0 fully saturated rings. The van der Waals surface area contributed by atoms with Gasteiger partial charge in [0.25, 0.3) is 5.91 Å². The normalized spacial score (nSPS) is 11.4. The molecule has 3 N–H and O–H groups in total. The summed E-state index contributed by atoms with van der Waals surface area (Å²) in [5.74, 6) is -0.341. The zero-order chi connectivity index (χ0) is 21.4. The zero-order valence-electron chi connectivity index (χ0n) is 16.8. The van der Waals surface area contributed by atoms with Crippen molar-refractivity contribution in [3.63, 3.8) is 0 Å². The fourth-order valence-corrected chi connectivity index (χ4v) is 2.79. The molecule has 0 radical (unpaired) electrons. The summed E-state index contributed by atoms with van der Waals surface area (Å²) in [4.78, 5) is 23.7. The molecule has 2 aromatic rings. The molecule has 7 heteroatoms. The summed E-state index contributed by atoms with van der Waals surface area (Å²) in [6.45, 7) is 5.76. The first-order valence-electron chi connectivity index (χ1n) is 9.34. The van der Waals surface area contributed by atoms with Crippen molar-refractivity contribution in [1.29, 1.82) is 5.26 Å². The second kappa shape index (κ2) is 10.1. The predicted octanol–water partition coefficient (Wildman–Crippen LogP) is 3.26. The van der Waals surface area contributed by atoms with Gasteiger partial charge in [0, 0.05) is 5.69 Å². The van der Waals surface area contributed by atoms with Gasteiger partial charge < -0.3 is 20.5 Å². The van der Waals surface area contributed by atoms with E-state index in [1.165, 1.54) is 0 Å². The second-order valence-corrected chi connectivity index (χ2v) is 6.73. The van der Waals surface area contributed by atoms with Crippen LogP contribution in [-0.2, 0) is 14.3 Å². The van der Waals surface area contributed by atoms with Crippen LogP contribution in [0.2, 0.25) is 0 Å². The van der Waals surface area contributed by atoms with E-state index in [-0.39, 0.29) is 19.1 Å². The lowest BCUT2D eigenvalue weighted by Gasteiger charge is -2.21. The number of ether oxygens (including phenoxy) is 2. The van der Waals surface area contributed by atoms with Crippen molar-refractivity contribution in [3.8, 4) is 11.8 Å². The lowest BCUT2D eigenvalue weighted by molar-refractivity contribution is -0.144. The van der Waals surface area contributed by atoms with E-state index < -0.39 is 17.9 Å². The molecular formula is C22H25N3O4. The highest BCUT2D eigenvalue weighted by Gasteiger charge is 2.24. The molecule has 2 aromatic carbocycles. The summed E-state index contributed by atoms with van der Waals surface area (Å²) < 4.78 is 10.7. The number of hydrogen-bond donors (Lipinski definition) is 2. The maximum Gasteiger partial charge on any atom is 0.333 e. The molecule has 1 amide bonds. The Hall–Kier alpha value is -3.53. The van der Waals surface area contributed by atoms with Gasteiger partial charge in [0.05, 0.1) is 18.2 Å². The number of hydrogen-bond acceptors (Lipinski definition) is 6. The predicted molar refractivity (Wildman–Crippen MR) is 109 cm³/mol. The molecule has 0 spiro atoms. The maximum atomic E-state index is 12.6. The van der Waals surface area contributed by atoms with Crippen molar-refractivity contribution in [3.05, 3.63) is 59.2 Å². The molecule has 0 saturated carbocycles. The van der Waals surface area contributed by atoms with E-state index in [1.807, 2.05) is 19.9 Å². The van der Waals surface area contributed by atoms with Gasteiger partial charge in [-0.3, -0.25) is 4.79 Å². The third-order valence-corrected chi connectivity index (χ3v) is 4.21. The van der Waals surface area contributed by atoms with Crippen molar-refractivity contribution in [2.45, 2.75) is 32.7 Å². The fourth-order valence-electron chi connectivity index (χ4n) is 2.79. The van der Waals surface area contributed by atoms with Gasteiger partial charge in [-0.1, -0.05) is 19.9 Å². The largest absolute Gasteiger partial charge is 0.483 e. The molecular weight excluding hydrogens is 370 g/mol. The number of carbonyl (C=O) groups is 2. The van der Waals surface area contributed by atoms with Crippen LogP contribution in [0, 0.1) is 11.3 Å². The van der Waals surface area contributed by atoms with Crippen LogP contribution in [0.5, 0.6) is 5.75 Å². The van der Waals surface area contributed by atoms with Crippen LogP contribution in [0.1, 0.15) is 49.4 Å². The summed E-state index contributed by atoms with van der Waals surface area (Å²) in [6, 6.07) is 13.5. The molecule has 7 nitrogen and oxygen atoms in total. The number of benzene rings is 2. The maximum absolute atomic E-state index is 12.6. The minimum absolute atomic E-state index is 0.0931. The molecule has 0 aliphatic rings. The van der Waals surface area contributed by atoms with Crippen molar-refractivity contribution in [2.75, 3.05) is 18.5 Å². The van der Waals surface area contributed by atoms with Crippen LogP contribution < -0.4 is 15.8 Å². The summed E-state index contributed by atoms with van der Waals surface area (Å²) in [5, 5.41) is 12.1. The average Bonchev–Trinajstić information content (AvgIpc) is 2.70. The highest BCUT2D eigenvalue weighted by molar-refractivity contribution is 5.81. The Labute approximate surface area is 170 Å². The van der Waals surface area contributed by atoms with Gasteiger partial charge in [0.15, 0.2) is 12.6 Å². The van der Waals surface area contributed by atoms with Crippen molar-refractivity contribution in [2.24, 2.45) is 5.73 Å². The Kier molecular flexibility index (Phi) is 7.61. The standard InChI is InChI=1S/C22H25N3O4/c1-4-28-22(27)21(25-17-8-5-15(12-23)6-9-17)16-7-10-19(29-13-20(24)26)18(11-16)14(2)3/h5-11,14,21,25H,4,13H2,1-3H3,(H2,24,26). The number of nitrogens with zero attached hydrogens (tertiary/aromatic N) is 1. The highest BCUT2D eigenvalue weighted by Crippen LogP contribution is 2.31. The van der Waals surface area contributed by atoms with Crippen molar-refractivity contribution >= 4 is 17.6 Å². The number of amides is 1. The second-order valence-electron chi connectivity index (χ2n) is 6.73. The van der Waals surface area contributed by atoms with Gasteiger partial charge in [0.1, 0.15) is 5.75 Å². The van der Waals surface area contributed by atoms with Gasteiger partial charge in [-0.25, -0.2) is 4.79 Å². The molecule has 0 aliphatic heterocycles. The van der Waals surface area contributed by atoms with Gasteiger partial charge in [0.2, 0.25) is 0 Å². The van der Waals surface area contributed by atoms with Gasteiger partial charge in [-0.2, -0.15) is 5.26 Å². The smallest absolute Gasteiger partial charge is 0.333 e. The summed E-state index contributed by atoms with van der Waals surface area (Å²) in [5.41, 5.74) is 7.92. The molecule has 1 unspecified atom stereocenters. The highest BCUT2D eigenvalue weighted by atomic mass is 16.5. The number of nitrogens with one attached hydrogen (secondary N) is 1. The molecule has 0 aliphatic carbocycles. The van der Waals surface area contributed by atoms with Crippen LogP contribution in [0.15, 0.2) is 42.5 Å². The zero-order valence-corrected chi connectivity index (χ0v) is 16.8. The lowest BCUT2D eigenvalue weighted by atomic mass is 9.96.